The summed E-state index contributed by atoms with van der Waals surface area (Å²) in [5.41, 5.74) is 0. The number of carbonyl (C=O) groups is 1. The van der Waals surface area contributed by atoms with E-state index in [1.165, 1.54) is 10.6 Å². The maximum absolute atomic E-state index is 11.7. The first kappa shape index (κ1) is 13.8. The lowest BCUT2D eigenvalue weighted by Gasteiger charge is -2.32. The Labute approximate surface area is 108 Å². The number of hydrogen-bond acceptors (Lipinski definition) is 4. The van der Waals surface area contributed by atoms with E-state index in [2.05, 4.69) is 10.6 Å². The molecule has 2 fully saturated rings. The number of carbonyl (C=O) groups excluding carboxylic acids is 1. The predicted octanol–water partition coefficient (Wildman–Crippen LogP) is -0.864. The fraction of sp³-hybridized carbons (Fsp3) is 0.909. The van der Waals surface area contributed by atoms with E-state index in [9.17, 15) is 13.2 Å². The van der Waals surface area contributed by atoms with Crippen molar-refractivity contribution in [3.05, 3.63) is 0 Å². The van der Waals surface area contributed by atoms with Gasteiger partial charge in [-0.15, -0.1) is 0 Å². The molecule has 0 radical (unpaired) electrons. The van der Waals surface area contributed by atoms with Gasteiger partial charge < -0.3 is 10.6 Å². The predicted molar refractivity (Wildman–Crippen MR) is 68.6 cm³/mol. The standard InChI is InChI=1S/C11H21N3O3S/c1-18(16,17)14-4-2-10(3-5-14)13-11(15)6-9-7-12-8-9/h9-10,12H,2-8H2,1H3,(H,13,15). The van der Waals surface area contributed by atoms with Crippen LogP contribution in [0, 0.1) is 5.92 Å². The van der Waals surface area contributed by atoms with Crippen LogP contribution >= 0.6 is 0 Å². The molecular weight excluding hydrogens is 254 g/mol. The van der Waals surface area contributed by atoms with Gasteiger partial charge in [0.05, 0.1) is 6.26 Å². The molecule has 0 aliphatic carbocycles. The van der Waals surface area contributed by atoms with Gasteiger partial charge in [-0.05, 0) is 31.8 Å². The summed E-state index contributed by atoms with van der Waals surface area (Å²) < 4.78 is 24.2. The molecule has 2 rings (SSSR count). The molecule has 7 heteroatoms. The molecule has 0 spiro atoms. The number of nitrogens with zero attached hydrogens (tertiary/aromatic N) is 1. The minimum Gasteiger partial charge on any atom is -0.353 e. The van der Waals surface area contributed by atoms with Crippen molar-refractivity contribution in [2.75, 3.05) is 32.4 Å². The van der Waals surface area contributed by atoms with Crippen LogP contribution in [0.3, 0.4) is 0 Å². The average molecular weight is 275 g/mol. The van der Waals surface area contributed by atoms with Gasteiger partial charge in [-0.25, -0.2) is 12.7 Å². The van der Waals surface area contributed by atoms with E-state index in [0.717, 1.165) is 13.1 Å². The van der Waals surface area contributed by atoms with Crippen LogP contribution in [0.15, 0.2) is 0 Å². The second-order valence-electron chi connectivity index (χ2n) is 5.23. The van der Waals surface area contributed by atoms with Crippen molar-refractivity contribution in [2.45, 2.75) is 25.3 Å². The Morgan fingerprint density at radius 1 is 1.33 bits per heavy atom. The van der Waals surface area contributed by atoms with E-state index in [0.29, 0.717) is 38.3 Å². The van der Waals surface area contributed by atoms with Gasteiger partial charge in [0.2, 0.25) is 15.9 Å². The van der Waals surface area contributed by atoms with Crippen LogP contribution in [0.5, 0.6) is 0 Å². The van der Waals surface area contributed by atoms with Crippen molar-refractivity contribution in [3.63, 3.8) is 0 Å². The second-order valence-corrected chi connectivity index (χ2v) is 7.21. The Morgan fingerprint density at radius 3 is 2.39 bits per heavy atom. The summed E-state index contributed by atoms with van der Waals surface area (Å²) in [5.74, 6) is 0.570. The monoisotopic (exact) mass is 275 g/mol. The summed E-state index contributed by atoms with van der Waals surface area (Å²) in [4.78, 5) is 11.7. The molecular formula is C11H21N3O3S. The van der Waals surface area contributed by atoms with Crippen LogP contribution in [0.1, 0.15) is 19.3 Å². The second kappa shape index (κ2) is 5.54. The highest BCUT2D eigenvalue weighted by atomic mass is 32.2. The molecule has 6 nitrogen and oxygen atoms in total. The number of hydrogen-bond donors (Lipinski definition) is 2. The van der Waals surface area contributed by atoms with E-state index < -0.39 is 10.0 Å². The molecule has 18 heavy (non-hydrogen) atoms. The first-order valence-electron chi connectivity index (χ1n) is 6.40. The maximum atomic E-state index is 11.7. The summed E-state index contributed by atoms with van der Waals surface area (Å²) in [6.45, 7) is 2.88. The molecule has 0 aromatic carbocycles. The van der Waals surface area contributed by atoms with Gasteiger partial charge in [-0.2, -0.15) is 0 Å². The van der Waals surface area contributed by atoms with Gasteiger partial charge in [0.25, 0.3) is 0 Å². The first-order chi connectivity index (χ1) is 8.45. The van der Waals surface area contributed by atoms with Crippen molar-refractivity contribution in [2.24, 2.45) is 5.92 Å². The number of piperidine rings is 1. The SMILES string of the molecule is CS(=O)(=O)N1CCC(NC(=O)CC2CNC2)CC1. The van der Waals surface area contributed by atoms with Gasteiger partial charge in [-0.1, -0.05) is 0 Å². The van der Waals surface area contributed by atoms with Crippen molar-refractivity contribution >= 4 is 15.9 Å². The molecule has 0 aromatic heterocycles. The smallest absolute Gasteiger partial charge is 0.220 e. The van der Waals surface area contributed by atoms with E-state index in [1.54, 1.807) is 0 Å². The van der Waals surface area contributed by atoms with Crippen LogP contribution in [-0.2, 0) is 14.8 Å². The molecule has 2 aliphatic heterocycles. The van der Waals surface area contributed by atoms with E-state index in [-0.39, 0.29) is 11.9 Å². The van der Waals surface area contributed by atoms with E-state index >= 15 is 0 Å². The van der Waals surface area contributed by atoms with Crippen LogP contribution in [0.25, 0.3) is 0 Å². The fourth-order valence-corrected chi connectivity index (χ4v) is 3.25. The Bertz CT molecular complexity index is 398. The van der Waals surface area contributed by atoms with Crippen molar-refractivity contribution in [1.29, 1.82) is 0 Å². The zero-order chi connectivity index (χ0) is 13.2. The summed E-state index contributed by atoms with van der Waals surface area (Å²) >= 11 is 0. The highest BCUT2D eigenvalue weighted by molar-refractivity contribution is 7.88. The molecule has 0 atom stereocenters. The maximum Gasteiger partial charge on any atom is 0.220 e. The lowest BCUT2D eigenvalue weighted by Crippen LogP contribution is -2.48. The number of nitrogens with one attached hydrogen (secondary N) is 2. The first-order valence-corrected chi connectivity index (χ1v) is 8.25. The Kier molecular flexibility index (Phi) is 4.24. The lowest BCUT2D eigenvalue weighted by atomic mass is 9.98. The van der Waals surface area contributed by atoms with Crippen LogP contribution in [-0.4, -0.2) is 57.1 Å². The molecule has 1 amide bonds. The molecule has 2 saturated heterocycles. The topological polar surface area (TPSA) is 78.5 Å². The molecule has 104 valence electrons. The van der Waals surface area contributed by atoms with Gasteiger partial charge >= 0.3 is 0 Å². The molecule has 2 N–H and O–H groups in total. The molecule has 0 unspecified atom stereocenters. The van der Waals surface area contributed by atoms with Crippen molar-refractivity contribution < 1.29 is 13.2 Å². The van der Waals surface area contributed by atoms with E-state index in [4.69, 9.17) is 0 Å². The number of sulfonamides is 1. The van der Waals surface area contributed by atoms with E-state index in [1.807, 2.05) is 0 Å². The average Bonchev–Trinajstić information content (AvgIpc) is 2.23. The van der Waals surface area contributed by atoms with Crippen LogP contribution in [0.2, 0.25) is 0 Å². The van der Waals surface area contributed by atoms with Gasteiger partial charge in [0.1, 0.15) is 0 Å². The van der Waals surface area contributed by atoms with Crippen LogP contribution < -0.4 is 10.6 Å². The van der Waals surface area contributed by atoms with Gasteiger partial charge in [-0.3, -0.25) is 4.79 Å². The fourth-order valence-electron chi connectivity index (χ4n) is 2.37. The molecule has 2 heterocycles. The highest BCUT2D eigenvalue weighted by Gasteiger charge is 2.27. The summed E-state index contributed by atoms with van der Waals surface area (Å²) in [5, 5.41) is 6.14. The normalized spacial score (nSPS) is 23.6. The summed E-state index contributed by atoms with van der Waals surface area (Å²) in [6.07, 6.45) is 3.23. The Balaban J connectivity index is 1.71. The highest BCUT2D eigenvalue weighted by Crippen LogP contribution is 2.14. The van der Waals surface area contributed by atoms with Crippen LogP contribution in [0.4, 0.5) is 0 Å². The Hall–Kier alpha value is -0.660. The largest absolute Gasteiger partial charge is 0.353 e. The number of rotatable bonds is 4. The minimum absolute atomic E-state index is 0.0966. The number of amides is 1. The quantitative estimate of drug-likeness (QED) is 0.699. The third kappa shape index (κ3) is 3.66. The van der Waals surface area contributed by atoms with Crippen molar-refractivity contribution in [3.8, 4) is 0 Å². The molecule has 2 aliphatic rings. The van der Waals surface area contributed by atoms with Gasteiger partial charge in [0.15, 0.2) is 0 Å². The molecule has 0 aromatic rings. The molecule has 0 saturated carbocycles. The van der Waals surface area contributed by atoms with Crippen molar-refractivity contribution in [1.82, 2.24) is 14.9 Å². The summed E-state index contributed by atoms with van der Waals surface area (Å²) in [6, 6.07) is 0.128. The minimum atomic E-state index is -3.08. The zero-order valence-electron chi connectivity index (χ0n) is 10.7. The third-order valence-corrected chi connectivity index (χ3v) is 4.93. The van der Waals surface area contributed by atoms with Gasteiger partial charge in [0, 0.05) is 25.6 Å². The zero-order valence-corrected chi connectivity index (χ0v) is 11.5. The third-order valence-electron chi connectivity index (χ3n) is 3.63. The lowest BCUT2D eigenvalue weighted by molar-refractivity contribution is -0.123. The summed E-state index contributed by atoms with van der Waals surface area (Å²) in [7, 11) is -3.08. The Morgan fingerprint density at radius 2 is 1.94 bits per heavy atom. The molecule has 0 bridgehead atoms.